The lowest BCUT2D eigenvalue weighted by Crippen LogP contribution is -2.17. The van der Waals surface area contributed by atoms with Gasteiger partial charge in [0.05, 0.1) is 11.9 Å². The van der Waals surface area contributed by atoms with Crippen LogP contribution in [0.15, 0.2) is 114 Å². The van der Waals surface area contributed by atoms with E-state index in [1.165, 1.54) is 0 Å². The van der Waals surface area contributed by atoms with Gasteiger partial charge in [0, 0.05) is 22.9 Å². The SMILES string of the molecule is O=C(N/N=C/c1cn(-c2ccccc2)nc1-c1ccc(OCc2ccccc2)cc1)c1ccc2c(c1)OCO2. The van der Waals surface area contributed by atoms with Crippen molar-refractivity contribution in [2.75, 3.05) is 6.79 Å². The zero-order valence-corrected chi connectivity index (χ0v) is 20.9. The molecule has 0 saturated carbocycles. The van der Waals surface area contributed by atoms with Gasteiger partial charge in [0.2, 0.25) is 6.79 Å². The second-order valence-corrected chi connectivity index (χ2v) is 8.78. The second kappa shape index (κ2) is 10.9. The number of nitrogens with zero attached hydrogens (tertiary/aromatic N) is 3. The van der Waals surface area contributed by atoms with Gasteiger partial charge in [0.25, 0.3) is 5.91 Å². The lowest BCUT2D eigenvalue weighted by Gasteiger charge is -2.07. The van der Waals surface area contributed by atoms with E-state index in [0.717, 1.165) is 33.8 Å². The number of hydrogen-bond donors (Lipinski definition) is 1. The molecule has 39 heavy (non-hydrogen) atoms. The summed E-state index contributed by atoms with van der Waals surface area (Å²) in [5.74, 6) is 1.55. The Hall–Kier alpha value is -5.37. The van der Waals surface area contributed by atoms with Crippen molar-refractivity contribution in [2.24, 2.45) is 5.10 Å². The Morgan fingerprint density at radius 3 is 2.46 bits per heavy atom. The van der Waals surface area contributed by atoms with Crippen molar-refractivity contribution < 1.29 is 19.0 Å². The molecule has 1 aliphatic heterocycles. The molecule has 0 aliphatic carbocycles. The zero-order valence-electron chi connectivity index (χ0n) is 20.9. The molecule has 192 valence electrons. The van der Waals surface area contributed by atoms with Gasteiger partial charge in [-0.3, -0.25) is 4.79 Å². The molecule has 5 aromatic rings. The predicted molar refractivity (Wildman–Crippen MR) is 147 cm³/mol. The van der Waals surface area contributed by atoms with Crippen molar-refractivity contribution in [3.63, 3.8) is 0 Å². The van der Waals surface area contributed by atoms with E-state index in [0.29, 0.717) is 23.7 Å². The maximum atomic E-state index is 12.7. The average Bonchev–Trinajstić information content (AvgIpc) is 3.64. The molecule has 6 rings (SSSR count). The molecule has 8 heteroatoms. The number of para-hydroxylation sites is 1. The Morgan fingerprint density at radius 2 is 1.67 bits per heavy atom. The number of nitrogens with one attached hydrogen (secondary N) is 1. The largest absolute Gasteiger partial charge is 0.489 e. The third-order valence-electron chi connectivity index (χ3n) is 6.14. The standard InChI is InChI=1S/C31H24N4O4/c36-31(24-13-16-28-29(17-24)39-21-38-28)33-32-18-25-19-35(26-9-5-2-6-10-26)34-30(25)23-11-14-27(15-12-23)37-20-22-7-3-1-4-8-22/h1-19H,20-21H2,(H,33,36)/b32-18+. The molecule has 8 nitrogen and oxygen atoms in total. The number of ether oxygens (including phenoxy) is 3. The number of hydrazone groups is 1. The van der Waals surface area contributed by atoms with Crippen LogP contribution in [0.2, 0.25) is 0 Å². The lowest BCUT2D eigenvalue weighted by atomic mass is 10.1. The first kappa shape index (κ1) is 24.0. The van der Waals surface area contributed by atoms with Gasteiger partial charge in [-0.25, -0.2) is 10.1 Å². The molecule has 0 fully saturated rings. The highest BCUT2D eigenvalue weighted by molar-refractivity contribution is 5.96. The highest BCUT2D eigenvalue weighted by Crippen LogP contribution is 2.32. The first-order valence-electron chi connectivity index (χ1n) is 12.4. The molecule has 0 atom stereocenters. The van der Waals surface area contributed by atoms with Crippen molar-refractivity contribution >= 4 is 12.1 Å². The fourth-order valence-corrected chi connectivity index (χ4v) is 4.13. The van der Waals surface area contributed by atoms with Crippen LogP contribution in [0.3, 0.4) is 0 Å². The number of carbonyl (C=O) groups excluding carboxylic acids is 1. The lowest BCUT2D eigenvalue weighted by molar-refractivity contribution is 0.0954. The summed E-state index contributed by atoms with van der Waals surface area (Å²) in [5, 5.41) is 9.02. The Balaban J connectivity index is 1.22. The summed E-state index contributed by atoms with van der Waals surface area (Å²) in [5.41, 5.74) is 7.36. The van der Waals surface area contributed by atoms with E-state index in [-0.39, 0.29) is 12.7 Å². The summed E-state index contributed by atoms with van der Waals surface area (Å²) in [6, 6.07) is 32.6. The minimum absolute atomic E-state index is 0.146. The van der Waals surface area contributed by atoms with E-state index in [4.69, 9.17) is 19.3 Å². The van der Waals surface area contributed by atoms with Gasteiger partial charge in [0.15, 0.2) is 11.5 Å². The molecule has 0 bridgehead atoms. The van der Waals surface area contributed by atoms with Crippen LogP contribution in [0.1, 0.15) is 21.5 Å². The van der Waals surface area contributed by atoms with E-state index >= 15 is 0 Å². The van der Waals surface area contributed by atoms with Crippen molar-refractivity contribution in [2.45, 2.75) is 6.61 Å². The topological polar surface area (TPSA) is 87.0 Å². The Morgan fingerprint density at radius 1 is 0.923 bits per heavy atom. The smallest absolute Gasteiger partial charge is 0.271 e. The predicted octanol–water partition coefficient (Wildman–Crippen LogP) is 5.61. The summed E-state index contributed by atoms with van der Waals surface area (Å²) < 4.78 is 18.4. The van der Waals surface area contributed by atoms with Gasteiger partial charge in [-0.05, 0) is 60.2 Å². The number of hydrogen-bond acceptors (Lipinski definition) is 6. The number of amides is 1. The number of rotatable bonds is 8. The van der Waals surface area contributed by atoms with E-state index < -0.39 is 0 Å². The van der Waals surface area contributed by atoms with E-state index in [1.54, 1.807) is 29.1 Å². The van der Waals surface area contributed by atoms with Crippen molar-refractivity contribution in [1.29, 1.82) is 0 Å². The quantitative estimate of drug-likeness (QED) is 0.214. The normalized spacial score (nSPS) is 12.0. The molecule has 1 amide bonds. The third-order valence-corrected chi connectivity index (χ3v) is 6.14. The highest BCUT2D eigenvalue weighted by atomic mass is 16.7. The summed E-state index contributed by atoms with van der Waals surface area (Å²) in [7, 11) is 0. The molecule has 0 radical (unpaired) electrons. The number of fused-ring (bicyclic) bond motifs is 1. The van der Waals surface area contributed by atoms with Gasteiger partial charge >= 0.3 is 0 Å². The fourth-order valence-electron chi connectivity index (χ4n) is 4.13. The monoisotopic (exact) mass is 516 g/mol. The van der Waals surface area contributed by atoms with E-state index in [1.807, 2.05) is 91.1 Å². The van der Waals surface area contributed by atoms with Gasteiger partial charge in [-0.1, -0.05) is 48.5 Å². The molecule has 1 aliphatic rings. The van der Waals surface area contributed by atoms with Gasteiger partial charge in [-0.15, -0.1) is 0 Å². The molecule has 0 saturated heterocycles. The molecule has 1 aromatic heterocycles. The molecule has 1 N–H and O–H groups in total. The summed E-state index contributed by atoms with van der Waals surface area (Å²) in [6.07, 6.45) is 3.47. The molecule has 0 unspecified atom stereocenters. The van der Waals surface area contributed by atoms with Crippen LogP contribution in [-0.4, -0.2) is 28.7 Å². The Bertz CT molecular complexity index is 1610. The van der Waals surface area contributed by atoms with Crippen LogP contribution in [-0.2, 0) is 6.61 Å². The third kappa shape index (κ3) is 5.50. The first-order chi connectivity index (χ1) is 19.2. The van der Waals surface area contributed by atoms with Crippen molar-refractivity contribution in [1.82, 2.24) is 15.2 Å². The van der Waals surface area contributed by atoms with Crippen LogP contribution in [0.4, 0.5) is 0 Å². The molecular formula is C31H24N4O4. The summed E-state index contributed by atoms with van der Waals surface area (Å²) >= 11 is 0. The Kier molecular flexibility index (Phi) is 6.73. The number of benzene rings is 4. The second-order valence-electron chi connectivity index (χ2n) is 8.78. The van der Waals surface area contributed by atoms with Gasteiger partial charge in [0.1, 0.15) is 18.1 Å². The molecular weight excluding hydrogens is 492 g/mol. The number of carbonyl (C=O) groups is 1. The van der Waals surface area contributed by atoms with Crippen molar-refractivity contribution in [3.8, 4) is 34.2 Å². The van der Waals surface area contributed by atoms with Crippen LogP contribution >= 0.6 is 0 Å². The zero-order chi connectivity index (χ0) is 26.4. The van der Waals surface area contributed by atoms with E-state index in [9.17, 15) is 4.79 Å². The van der Waals surface area contributed by atoms with E-state index in [2.05, 4.69) is 10.5 Å². The average molecular weight is 517 g/mol. The summed E-state index contributed by atoms with van der Waals surface area (Å²) in [4.78, 5) is 12.7. The molecule has 4 aromatic carbocycles. The van der Waals surface area contributed by atoms with Crippen molar-refractivity contribution in [3.05, 3.63) is 126 Å². The van der Waals surface area contributed by atoms with Crippen LogP contribution in [0.25, 0.3) is 16.9 Å². The molecule has 0 spiro atoms. The highest BCUT2D eigenvalue weighted by Gasteiger charge is 2.16. The minimum Gasteiger partial charge on any atom is -0.489 e. The molecule has 2 heterocycles. The maximum absolute atomic E-state index is 12.7. The number of aromatic nitrogens is 2. The minimum atomic E-state index is -0.360. The van der Waals surface area contributed by atoms with Crippen LogP contribution < -0.4 is 19.6 Å². The summed E-state index contributed by atoms with van der Waals surface area (Å²) in [6.45, 7) is 0.636. The van der Waals surface area contributed by atoms with Crippen LogP contribution in [0.5, 0.6) is 17.2 Å². The van der Waals surface area contributed by atoms with Gasteiger partial charge in [-0.2, -0.15) is 10.2 Å². The Labute approximate surface area is 225 Å². The first-order valence-corrected chi connectivity index (χ1v) is 12.4. The maximum Gasteiger partial charge on any atom is 0.271 e. The van der Waals surface area contributed by atoms with Crippen LogP contribution in [0, 0.1) is 0 Å². The van der Waals surface area contributed by atoms with Gasteiger partial charge < -0.3 is 14.2 Å². The fraction of sp³-hybridized carbons (Fsp3) is 0.0645.